The lowest BCUT2D eigenvalue weighted by Gasteiger charge is -2.35. The van der Waals surface area contributed by atoms with E-state index in [-0.39, 0.29) is 30.9 Å². The van der Waals surface area contributed by atoms with Crippen molar-refractivity contribution in [3.05, 3.63) is 29.1 Å². The van der Waals surface area contributed by atoms with Crippen molar-refractivity contribution < 1.29 is 19.1 Å². The van der Waals surface area contributed by atoms with Gasteiger partial charge in [-0.25, -0.2) is 0 Å². The van der Waals surface area contributed by atoms with E-state index >= 15 is 0 Å². The minimum atomic E-state index is -1.25. The second-order valence-corrected chi connectivity index (χ2v) is 15.9. The number of hydrogen-bond acceptors (Lipinski definition) is 6. The summed E-state index contributed by atoms with van der Waals surface area (Å²) in [5.41, 5.74) is 2.49. The molecule has 3 aliphatic rings. The Hall–Kier alpha value is -2.10. The molecule has 32 heavy (non-hydrogen) atoms. The minimum Gasteiger partial charge on any atom is -0.361 e. The van der Waals surface area contributed by atoms with Gasteiger partial charge in [0.15, 0.2) is 0 Å². The number of imide groups is 1. The predicted octanol–water partition coefficient (Wildman–Crippen LogP) is 2.33. The van der Waals surface area contributed by atoms with Crippen molar-refractivity contribution in [3.63, 3.8) is 0 Å². The van der Waals surface area contributed by atoms with Crippen LogP contribution in [-0.4, -0.2) is 73.0 Å². The Balaban J connectivity index is 1.42. The van der Waals surface area contributed by atoms with E-state index in [2.05, 4.69) is 36.0 Å². The van der Waals surface area contributed by atoms with Gasteiger partial charge in [-0.2, -0.15) is 0 Å². The third-order valence-electron chi connectivity index (χ3n) is 6.68. The van der Waals surface area contributed by atoms with Crippen LogP contribution in [0.1, 0.15) is 53.2 Å². The summed E-state index contributed by atoms with van der Waals surface area (Å²) in [6.07, 6.45) is 4.54. The molecule has 1 atom stereocenters. The monoisotopic (exact) mass is 458 g/mol. The van der Waals surface area contributed by atoms with Crippen LogP contribution in [-0.2, 0) is 20.9 Å². The van der Waals surface area contributed by atoms with Crippen molar-refractivity contribution in [3.8, 4) is 0 Å². The van der Waals surface area contributed by atoms with Crippen molar-refractivity contribution >= 4 is 25.8 Å². The number of ether oxygens (including phenoxy) is 1. The van der Waals surface area contributed by atoms with Gasteiger partial charge in [0.1, 0.15) is 18.5 Å². The number of rotatable bonds is 7. The van der Waals surface area contributed by atoms with E-state index in [0.717, 1.165) is 37.5 Å². The summed E-state index contributed by atoms with van der Waals surface area (Å²) in [6, 6.07) is 2.42. The number of nitrogens with one attached hydrogen (secondary N) is 1. The fourth-order valence-electron chi connectivity index (χ4n) is 4.64. The van der Waals surface area contributed by atoms with Gasteiger partial charge in [0.25, 0.3) is 11.8 Å². The number of piperidine rings is 2. The van der Waals surface area contributed by atoms with Gasteiger partial charge in [-0.15, -0.1) is 0 Å². The van der Waals surface area contributed by atoms with E-state index in [1.807, 2.05) is 6.20 Å². The average Bonchev–Trinajstić information content (AvgIpc) is 3.08. The van der Waals surface area contributed by atoms with Crippen molar-refractivity contribution in [2.45, 2.75) is 69.9 Å². The van der Waals surface area contributed by atoms with Gasteiger partial charge in [0, 0.05) is 39.4 Å². The summed E-state index contributed by atoms with van der Waals surface area (Å²) in [4.78, 5) is 45.8. The van der Waals surface area contributed by atoms with Crippen LogP contribution in [0.2, 0.25) is 25.7 Å². The molecular formula is C23H34N4O4Si. The van der Waals surface area contributed by atoms with E-state index in [1.54, 1.807) is 4.90 Å². The molecule has 1 unspecified atom stereocenters. The molecule has 0 saturated carbocycles. The third-order valence-corrected chi connectivity index (χ3v) is 8.38. The number of aromatic nitrogens is 1. The highest BCUT2D eigenvalue weighted by molar-refractivity contribution is 6.76. The molecular weight excluding hydrogens is 424 g/mol. The van der Waals surface area contributed by atoms with Crippen molar-refractivity contribution in [1.29, 1.82) is 0 Å². The molecule has 4 heterocycles. The summed E-state index contributed by atoms with van der Waals surface area (Å²) in [6.45, 7) is 9.62. The van der Waals surface area contributed by atoms with Crippen LogP contribution in [0.15, 0.2) is 12.3 Å². The lowest BCUT2D eigenvalue weighted by atomic mass is 9.90. The van der Waals surface area contributed by atoms with E-state index in [4.69, 9.17) is 4.74 Å². The lowest BCUT2D eigenvalue weighted by Crippen LogP contribution is -2.55. The van der Waals surface area contributed by atoms with Gasteiger partial charge in [-0.05, 0) is 55.9 Å². The first-order valence-corrected chi connectivity index (χ1v) is 15.4. The third kappa shape index (κ3) is 4.94. The summed E-state index contributed by atoms with van der Waals surface area (Å²) in [5.74, 6) is -0.330. The van der Waals surface area contributed by atoms with Gasteiger partial charge in [0.05, 0.1) is 0 Å². The second-order valence-electron chi connectivity index (χ2n) is 10.3. The smallest absolute Gasteiger partial charge is 0.273 e. The molecule has 3 aliphatic heterocycles. The van der Waals surface area contributed by atoms with Crippen molar-refractivity contribution in [2.24, 2.45) is 0 Å². The number of pyridine rings is 1. The molecule has 1 aromatic heterocycles. The summed E-state index contributed by atoms with van der Waals surface area (Å²) < 4.78 is 5.67. The molecule has 2 fully saturated rings. The zero-order chi connectivity index (χ0) is 22.9. The largest absolute Gasteiger partial charge is 0.361 e. The van der Waals surface area contributed by atoms with Crippen LogP contribution in [0.25, 0.3) is 0 Å². The number of amides is 3. The van der Waals surface area contributed by atoms with Gasteiger partial charge < -0.3 is 15.0 Å². The van der Waals surface area contributed by atoms with E-state index in [0.29, 0.717) is 31.2 Å². The molecule has 8 nitrogen and oxygen atoms in total. The SMILES string of the molecule is C[Si](C)(C)CCOCN1C(=O)CCC(N2Cc3cc(C4CCNCC4)cnc3C2=O)C1=O. The number of likely N-dealkylation sites (tertiary alicyclic amines) is 1. The second kappa shape index (κ2) is 9.41. The Morgan fingerprint density at radius 2 is 1.91 bits per heavy atom. The fourth-order valence-corrected chi connectivity index (χ4v) is 5.40. The van der Waals surface area contributed by atoms with Gasteiger partial charge in [-0.1, -0.05) is 19.6 Å². The van der Waals surface area contributed by atoms with Crippen LogP contribution in [0, 0.1) is 0 Å². The standard InChI is InChI=1S/C23H34N4O4Si/c1-32(2,3)11-10-31-15-27-20(28)5-4-19(22(27)29)26-14-18-12-17(13-25-21(18)23(26)30)16-6-8-24-9-7-16/h12-13,16,19,24H,4-11,14-15H2,1-3H3. The molecule has 0 aliphatic carbocycles. The molecule has 3 amide bonds. The summed E-state index contributed by atoms with van der Waals surface area (Å²) in [7, 11) is -1.25. The highest BCUT2D eigenvalue weighted by Crippen LogP contribution is 2.32. The van der Waals surface area contributed by atoms with Crippen LogP contribution < -0.4 is 5.32 Å². The summed E-state index contributed by atoms with van der Waals surface area (Å²) in [5, 5.41) is 3.37. The predicted molar refractivity (Wildman–Crippen MR) is 123 cm³/mol. The first-order valence-electron chi connectivity index (χ1n) is 11.7. The van der Waals surface area contributed by atoms with Crippen LogP contribution in [0.3, 0.4) is 0 Å². The molecule has 0 radical (unpaired) electrons. The topological polar surface area (TPSA) is 91.8 Å². The molecule has 0 aromatic carbocycles. The lowest BCUT2D eigenvalue weighted by molar-refractivity contribution is -0.158. The van der Waals surface area contributed by atoms with Crippen LogP contribution >= 0.6 is 0 Å². The first kappa shape index (κ1) is 23.1. The molecule has 2 saturated heterocycles. The Morgan fingerprint density at radius 3 is 2.62 bits per heavy atom. The van der Waals surface area contributed by atoms with E-state index < -0.39 is 14.1 Å². The van der Waals surface area contributed by atoms with Gasteiger partial charge >= 0.3 is 0 Å². The van der Waals surface area contributed by atoms with Gasteiger partial charge in [-0.3, -0.25) is 24.3 Å². The average molecular weight is 459 g/mol. The zero-order valence-corrected chi connectivity index (χ0v) is 20.4. The quantitative estimate of drug-likeness (QED) is 0.383. The van der Waals surface area contributed by atoms with Crippen LogP contribution in [0.4, 0.5) is 0 Å². The molecule has 0 bridgehead atoms. The normalized spacial score (nSPS) is 22.6. The Bertz CT molecular complexity index is 894. The Labute approximate surface area is 190 Å². The fraction of sp³-hybridized carbons (Fsp3) is 0.652. The number of nitrogens with zero attached hydrogens (tertiary/aromatic N) is 3. The van der Waals surface area contributed by atoms with Gasteiger partial charge in [0.2, 0.25) is 5.91 Å². The molecule has 174 valence electrons. The first-order chi connectivity index (χ1) is 15.2. The zero-order valence-electron chi connectivity index (χ0n) is 19.4. The van der Waals surface area contributed by atoms with Crippen molar-refractivity contribution in [2.75, 3.05) is 26.4 Å². The van der Waals surface area contributed by atoms with Crippen LogP contribution in [0.5, 0.6) is 0 Å². The maximum absolute atomic E-state index is 13.1. The number of hydrogen-bond donors (Lipinski definition) is 1. The molecule has 9 heteroatoms. The number of carbonyl (C=O) groups is 3. The minimum absolute atomic E-state index is 0.0360. The van der Waals surface area contributed by atoms with E-state index in [9.17, 15) is 14.4 Å². The molecule has 1 N–H and O–H groups in total. The molecule has 4 rings (SSSR count). The maximum atomic E-state index is 13.1. The highest BCUT2D eigenvalue weighted by Gasteiger charge is 2.43. The Kier molecular flexibility index (Phi) is 6.78. The molecule has 0 spiro atoms. The Morgan fingerprint density at radius 1 is 1.16 bits per heavy atom. The number of carbonyl (C=O) groups excluding carboxylic acids is 3. The molecule has 1 aromatic rings. The summed E-state index contributed by atoms with van der Waals surface area (Å²) >= 11 is 0. The van der Waals surface area contributed by atoms with E-state index in [1.165, 1.54) is 10.5 Å². The maximum Gasteiger partial charge on any atom is 0.273 e. The number of fused-ring (bicyclic) bond motifs is 1. The van der Waals surface area contributed by atoms with Crippen molar-refractivity contribution in [1.82, 2.24) is 20.1 Å². The highest BCUT2D eigenvalue weighted by atomic mass is 28.3.